The fraction of sp³-hybridized carbons (Fsp3) is 0.333. The number of carbonyl (C=O) groups is 1. The summed E-state index contributed by atoms with van der Waals surface area (Å²) >= 11 is 0. The van der Waals surface area contributed by atoms with Crippen LogP contribution in [-0.2, 0) is 6.54 Å². The molecule has 1 amide bonds. The number of anilines is 2. The highest BCUT2D eigenvalue weighted by Gasteiger charge is 2.12. The minimum absolute atomic E-state index is 0.135. The summed E-state index contributed by atoms with van der Waals surface area (Å²) in [6.07, 6.45) is 3.47. The number of nitrogens with one attached hydrogen (secondary N) is 2. The molecule has 0 aliphatic carbocycles. The van der Waals surface area contributed by atoms with Gasteiger partial charge in [0.2, 0.25) is 0 Å². The Morgan fingerprint density at radius 1 is 1.35 bits per heavy atom. The van der Waals surface area contributed by atoms with Crippen LogP contribution in [0.25, 0.3) is 0 Å². The predicted octanol–water partition coefficient (Wildman–Crippen LogP) is 2.98. The molecule has 5 nitrogen and oxygen atoms in total. The van der Waals surface area contributed by atoms with Crippen molar-refractivity contribution in [2.24, 2.45) is 0 Å². The maximum absolute atomic E-state index is 12.3. The summed E-state index contributed by atoms with van der Waals surface area (Å²) in [5, 5.41) is 10.3. The molecular weight excluding hydrogens is 252 g/mol. The van der Waals surface area contributed by atoms with Crippen molar-refractivity contribution in [2.45, 2.75) is 33.4 Å². The van der Waals surface area contributed by atoms with Crippen molar-refractivity contribution in [3.63, 3.8) is 0 Å². The fourth-order valence-corrected chi connectivity index (χ4v) is 1.92. The number of aryl methyl sites for hydroxylation is 1. The molecule has 2 N–H and O–H groups in total. The zero-order valence-corrected chi connectivity index (χ0v) is 12.1. The minimum atomic E-state index is -0.135. The Hall–Kier alpha value is -2.30. The van der Waals surface area contributed by atoms with Gasteiger partial charge in [-0.05, 0) is 32.9 Å². The van der Waals surface area contributed by atoms with E-state index >= 15 is 0 Å². The van der Waals surface area contributed by atoms with Crippen molar-refractivity contribution >= 4 is 17.3 Å². The lowest BCUT2D eigenvalue weighted by molar-refractivity contribution is 0.102. The zero-order chi connectivity index (χ0) is 14.5. The Labute approximate surface area is 119 Å². The lowest BCUT2D eigenvalue weighted by atomic mass is 10.1. The zero-order valence-electron chi connectivity index (χ0n) is 12.1. The van der Waals surface area contributed by atoms with Gasteiger partial charge in [-0.3, -0.25) is 9.48 Å². The Balaban J connectivity index is 2.16. The van der Waals surface area contributed by atoms with Gasteiger partial charge in [0, 0.05) is 24.5 Å². The van der Waals surface area contributed by atoms with Crippen molar-refractivity contribution in [3.8, 4) is 0 Å². The Kier molecular flexibility index (Phi) is 4.40. The normalized spacial score (nSPS) is 10.6. The molecule has 5 heteroatoms. The van der Waals surface area contributed by atoms with Crippen LogP contribution in [0.4, 0.5) is 11.4 Å². The summed E-state index contributed by atoms with van der Waals surface area (Å²) in [5.41, 5.74) is 2.17. The number of para-hydroxylation sites is 1. The van der Waals surface area contributed by atoms with Crippen LogP contribution in [0.2, 0.25) is 0 Å². The van der Waals surface area contributed by atoms with E-state index in [0.29, 0.717) is 11.3 Å². The first-order chi connectivity index (χ1) is 9.60. The molecule has 0 atom stereocenters. The fourth-order valence-electron chi connectivity index (χ4n) is 1.92. The quantitative estimate of drug-likeness (QED) is 0.879. The first-order valence-corrected chi connectivity index (χ1v) is 6.79. The molecule has 0 aliphatic rings. The molecule has 0 bridgehead atoms. The smallest absolute Gasteiger partial charge is 0.257 e. The van der Waals surface area contributed by atoms with Crippen LogP contribution >= 0.6 is 0 Å². The molecule has 0 fully saturated rings. The SMILES string of the molecule is CCn1cc(NC(=O)c2ccccc2NC(C)C)cn1. The monoisotopic (exact) mass is 272 g/mol. The number of rotatable bonds is 5. The van der Waals surface area contributed by atoms with Gasteiger partial charge in [-0.1, -0.05) is 12.1 Å². The number of hydrogen-bond acceptors (Lipinski definition) is 3. The van der Waals surface area contributed by atoms with Crippen molar-refractivity contribution < 1.29 is 4.79 Å². The van der Waals surface area contributed by atoms with Crippen molar-refractivity contribution in [1.29, 1.82) is 0 Å². The van der Waals surface area contributed by atoms with E-state index in [-0.39, 0.29) is 11.9 Å². The van der Waals surface area contributed by atoms with Gasteiger partial charge >= 0.3 is 0 Å². The maximum Gasteiger partial charge on any atom is 0.257 e. The molecular formula is C15H20N4O. The van der Waals surface area contributed by atoms with E-state index in [4.69, 9.17) is 0 Å². The summed E-state index contributed by atoms with van der Waals surface area (Å²) in [4.78, 5) is 12.3. The molecule has 0 unspecified atom stereocenters. The summed E-state index contributed by atoms with van der Waals surface area (Å²) in [7, 11) is 0. The lowest BCUT2D eigenvalue weighted by Crippen LogP contribution is -2.17. The van der Waals surface area contributed by atoms with Gasteiger partial charge in [0.15, 0.2) is 0 Å². The Bertz CT molecular complexity index is 589. The third-order valence-corrected chi connectivity index (χ3v) is 2.83. The molecule has 1 aromatic carbocycles. The van der Waals surface area contributed by atoms with Crippen molar-refractivity contribution in [3.05, 3.63) is 42.2 Å². The minimum Gasteiger partial charge on any atom is -0.382 e. The van der Waals surface area contributed by atoms with Gasteiger partial charge < -0.3 is 10.6 Å². The van der Waals surface area contributed by atoms with Gasteiger partial charge in [0.25, 0.3) is 5.91 Å². The molecule has 0 saturated heterocycles. The molecule has 20 heavy (non-hydrogen) atoms. The largest absolute Gasteiger partial charge is 0.382 e. The molecule has 0 aliphatic heterocycles. The van der Waals surface area contributed by atoms with Gasteiger partial charge in [-0.2, -0.15) is 5.10 Å². The maximum atomic E-state index is 12.3. The van der Waals surface area contributed by atoms with Gasteiger partial charge in [0.05, 0.1) is 17.4 Å². The van der Waals surface area contributed by atoms with Crippen LogP contribution in [0.1, 0.15) is 31.1 Å². The van der Waals surface area contributed by atoms with E-state index in [1.165, 1.54) is 0 Å². The number of carbonyl (C=O) groups excluding carboxylic acids is 1. The number of benzene rings is 1. The number of hydrogen-bond donors (Lipinski definition) is 2. The van der Waals surface area contributed by atoms with Gasteiger partial charge in [-0.15, -0.1) is 0 Å². The summed E-state index contributed by atoms with van der Waals surface area (Å²) in [6, 6.07) is 7.76. The van der Waals surface area contributed by atoms with Crippen molar-refractivity contribution in [2.75, 3.05) is 10.6 Å². The highest BCUT2D eigenvalue weighted by molar-refractivity contribution is 6.07. The molecule has 0 spiro atoms. The van der Waals surface area contributed by atoms with Crippen molar-refractivity contribution in [1.82, 2.24) is 9.78 Å². The Morgan fingerprint density at radius 3 is 2.75 bits per heavy atom. The summed E-state index contributed by atoms with van der Waals surface area (Å²) < 4.78 is 1.77. The topological polar surface area (TPSA) is 59.0 Å². The average Bonchev–Trinajstić information content (AvgIpc) is 2.86. The molecule has 1 heterocycles. The standard InChI is InChI=1S/C15H20N4O/c1-4-19-10-12(9-16-19)18-15(20)13-7-5-6-8-14(13)17-11(2)3/h5-11,17H,4H2,1-3H3,(H,18,20). The lowest BCUT2D eigenvalue weighted by Gasteiger charge is -2.14. The molecule has 2 aromatic rings. The third kappa shape index (κ3) is 3.38. The highest BCUT2D eigenvalue weighted by atomic mass is 16.1. The van der Waals surface area contributed by atoms with E-state index in [9.17, 15) is 4.79 Å². The number of aromatic nitrogens is 2. The second-order valence-electron chi connectivity index (χ2n) is 4.88. The van der Waals surface area contributed by atoms with Crippen LogP contribution < -0.4 is 10.6 Å². The highest BCUT2D eigenvalue weighted by Crippen LogP contribution is 2.18. The van der Waals surface area contributed by atoms with Crippen LogP contribution in [-0.4, -0.2) is 21.7 Å². The molecule has 106 valence electrons. The van der Waals surface area contributed by atoms with E-state index in [0.717, 1.165) is 12.2 Å². The Morgan fingerprint density at radius 2 is 2.10 bits per heavy atom. The van der Waals surface area contributed by atoms with Crippen LogP contribution in [0.3, 0.4) is 0 Å². The summed E-state index contributed by atoms with van der Waals surface area (Å²) in [6.45, 7) is 6.86. The second-order valence-corrected chi connectivity index (χ2v) is 4.88. The van der Waals surface area contributed by atoms with Crippen LogP contribution in [0, 0.1) is 0 Å². The number of amides is 1. The first kappa shape index (κ1) is 14.1. The molecule has 2 rings (SSSR count). The second kappa shape index (κ2) is 6.23. The third-order valence-electron chi connectivity index (χ3n) is 2.83. The average molecular weight is 272 g/mol. The van der Waals surface area contributed by atoms with Crippen LogP contribution in [0.15, 0.2) is 36.7 Å². The van der Waals surface area contributed by atoms with E-state index in [2.05, 4.69) is 15.7 Å². The predicted molar refractivity (Wildman–Crippen MR) is 81.1 cm³/mol. The number of nitrogens with zero attached hydrogens (tertiary/aromatic N) is 2. The van der Waals surface area contributed by atoms with E-state index < -0.39 is 0 Å². The molecule has 0 radical (unpaired) electrons. The van der Waals surface area contributed by atoms with Gasteiger partial charge in [-0.25, -0.2) is 0 Å². The van der Waals surface area contributed by atoms with E-state index in [1.54, 1.807) is 10.9 Å². The molecule has 0 saturated carbocycles. The van der Waals surface area contributed by atoms with Gasteiger partial charge in [0.1, 0.15) is 0 Å². The summed E-state index contributed by atoms with van der Waals surface area (Å²) in [5.74, 6) is -0.135. The molecule has 1 aromatic heterocycles. The first-order valence-electron chi connectivity index (χ1n) is 6.79. The van der Waals surface area contributed by atoms with E-state index in [1.807, 2.05) is 51.2 Å². The van der Waals surface area contributed by atoms with Crippen LogP contribution in [0.5, 0.6) is 0 Å².